The molecule has 0 saturated carbocycles. The highest BCUT2D eigenvalue weighted by Crippen LogP contribution is 2.16. The van der Waals surface area contributed by atoms with Crippen LogP contribution >= 0.6 is 0 Å². The highest BCUT2D eigenvalue weighted by molar-refractivity contribution is 5.78. The van der Waals surface area contributed by atoms with Crippen molar-refractivity contribution >= 4 is 5.91 Å². The molecule has 0 aliphatic carbocycles. The summed E-state index contributed by atoms with van der Waals surface area (Å²) < 4.78 is 20.3. The van der Waals surface area contributed by atoms with Gasteiger partial charge in [0.1, 0.15) is 11.6 Å². The lowest BCUT2D eigenvalue weighted by molar-refractivity contribution is -0.123. The molecule has 0 fully saturated rings. The van der Waals surface area contributed by atoms with Gasteiger partial charge in [-0.3, -0.25) is 4.79 Å². The van der Waals surface area contributed by atoms with Crippen LogP contribution in [0.1, 0.15) is 18.5 Å². The topological polar surface area (TPSA) is 56.1 Å². The van der Waals surface area contributed by atoms with E-state index in [1.165, 1.54) is 18.2 Å². The number of imidazole rings is 1. The second-order valence-electron chi connectivity index (χ2n) is 5.60. The number of benzene rings is 2. The van der Waals surface area contributed by atoms with E-state index in [0.717, 1.165) is 11.3 Å². The molecule has 0 unspecified atom stereocenters. The number of carbonyl (C=O) groups is 1. The molecule has 0 bridgehead atoms. The van der Waals surface area contributed by atoms with Crippen LogP contribution in [-0.2, 0) is 4.79 Å². The third-order valence-corrected chi connectivity index (χ3v) is 3.74. The van der Waals surface area contributed by atoms with Crippen molar-refractivity contribution in [1.82, 2.24) is 14.9 Å². The van der Waals surface area contributed by atoms with E-state index in [1.54, 1.807) is 18.6 Å². The zero-order chi connectivity index (χ0) is 17.6. The number of halogens is 1. The molecule has 1 atom stereocenters. The van der Waals surface area contributed by atoms with Crippen molar-refractivity contribution in [2.45, 2.75) is 13.0 Å². The van der Waals surface area contributed by atoms with Gasteiger partial charge in [0.05, 0.1) is 12.4 Å². The van der Waals surface area contributed by atoms with E-state index in [4.69, 9.17) is 4.74 Å². The smallest absolute Gasteiger partial charge is 0.258 e. The van der Waals surface area contributed by atoms with E-state index < -0.39 is 5.82 Å². The maximum atomic E-state index is 13.1. The van der Waals surface area contributed by atoms with Crippen LogP contribution in [0, 0.1) is 5.82 Å². The van der Waals surface area contributed by atoms with Crippen LogP contribution in [0.3, 0.4) is 0 Å². The van der Waals surface area contributed by atoms with Crippen molar-refractivity contribution in [2.75, 3.05) is 6.61 Å². The van der Waals surface area contributed by atoms with Gasteiger partial charge in [-0.1, -0.05) is 18.2 Å². The summed E-state index contributed by atoms with van der Waals surface area (Å²) >= 11 is 0. The van der Waals surface area contributed by atoms with E-state index in [0.29, 0.717) is 5.75 Å². The lowest BCUT2D eigenvalue weighted by Gasteiger charge is -2.15. The van der Waals surface area contributed by atoms with Crippen LogP contribution in [0.4, 0.5) is 4.39 Å². The number of amides is 1. The van der Waals surface area contributed by atoms with Crippen LogP contribution in [-0.4, -0.2) is 22.1 Å². The minimum atomic E-state index is -0.399. The molecule has 3 rings (SSSR count). The molecule has 0 aliphatic heterocycles. The summed E-state index contributed by atoms with van der Waals surface area (Å²) in [6.45, 7) is 1.73. The fourth-order valence-corrected chi connectivity index (χ4v) is 2.42. The Morgan fingerprint density at radius 1 is 1.28 bits per heavy atom. The van der Waals surface area contributed by atoms with Crippen molar-refractivity contribution in [3.63, 3.8) is 0 Å². The summed E-state index contributed by atoms with van der Waals surface area (Å²) in [7, 11) is 0. The van der Waals surface area contributed by atoms with E-state index in [9.17, 15) is 9.18 Å². The van der Waals surface area contributed by atoms with Gasteiger partial charge >= 0.3 is 0 Å². The first kappa shape index (κ1) is 16.7. The van der Waals surface area contributed by atoms with E-state index in [-0.39, 0.29) is 18.6 Å². The number of carbonyl (C=O) groups excluding carboxylic acids is 1. The summed E-state index contributed by atoms with van der Waals surface area (Å²) in [5.41, 5.74) is 1.97. The fourth-order valence-electron chi connectivity index (χ4n) is 2.42. The molecule has 128 valence electrons. The summed E-state index contributed by atoms with van der Waals surface area (Å²) in [6.07, 6.45) is 5.31. The molecule has 2 aromatic carbocycles. The van der Waals surface area contributed by atoms with Crippen molar-refractivity contribution in [1.29, 1.82) is 0 Å². The Morgan fingerprint density at radius 2 is 2.08 bits per heavy atom. The van der Waals surface area contributed by atoms with Gasteiger partial charge in [-0.2, -0.15) is 0 Å². The average molecular weight is 339 g/mol. The van der Waals surface area contributed by atoms with Gasteiger partial charge in [0.15, 0.2) is 6.61 Å². The molecule has 25 heavy (non-hydrogen) atoms. The minimum Gasteiger partial charge on any atom is -0.484 e. The van der Waals surface area contributed by atoms with Gasteiger partial charge < -0.3 is 14.6 Å². The Labute approximate surface area is 145 Å². The lowest BCUT2D eigenvalue weighted by atomic mass is 10.1. The zero-order valence-corrected chi connectivity index (χ0v) is 13.7. The molecule has 0 radical (unpaired) electrons. The zero-order valence-electron chi connectivity index (χ0n) is 13.7. The molecule has 0 spiro atoms. The number of nitrogens with one attached hydrogen (secondary N) is 1. The van der Waals surface area contributed by atoms with E-state index in [2.05, 4.69) is 10.3 Å². The van der Waals surface area contributed by atoms with Crippen molar-refractivity contribution in [3.8, 4) is 11.4 Å². The number of rotatable bonds is 6. The molecule has 3 aromatic rings. The summed E-state index contributed by atoms with van der Waals surface area (Å²) in [6, 6.07) is 13.4. The van der Waals surface area contributed by atoms with Crippen molar-refractivity contribution < 1.29 is 13.9 Å². The predicted molar refractivity (Wildman–Crippen MR) is 92.0 cm³/mol. The maximum Gasteiger partial charge on any atom is 0.258 e. The first-order valence-electron chi connectivity index (χ1n) is 7.88. The SMILES string of the molecule is C[C@H](NC(=O)COc1cccc(F)c1)c1ccc(-n2ccnc2)cc1. The third-order valence-electron chi connectivity index (χ3n) is 3.74. The molecule has 1 amide bonds. The second kappa shape index (κ2) is 7.61. The van der Waals surface area contributed by atoms with Crippen LogP contribution in [0.15, 0.2) is 67.3 Å². The van der Waals surface area contributed by atoms with Gasteiger partial charge in [0, 0.05) is 24.1 Å². The molecule has 1 aromatic heterocycles. The second-order valence-corrected chi connectivity index (χ2v) is 5.60. The monoisotopic (exact) mass is 339 g/mol. The molecule has 1 N–H and O–H groups in total. The molecule has 5 nitrogen and oxygen atoms in total. The highest BCUT2D eigenvalue weighted by Gasteiger charge is 2.10. The molecule has 0 saturated heterocycles. The van der Waals surface area contributed by atoms with Gasteiger partial charge in [-0.05, 0) is 36.8 Å². The summed E-state index contributed by atoms with van der Waals surface area (Å²) in [4.78, 5) is 16.0. The quantitative estimate of drug-likeness (QED) is 0.750. The average Bonchev–Trinajstić information content (AvgIpc) is 3.15. The molecule has 0 aliphatic rings. The molecular weight excluding hydrogens is 321 g/mol. The lowest BCUT2D eigenvalue weighted by Crippen LogP contribution is -2.31. The fraction of sp³-hybridized carbons (Fsp3) is 0.158. The first-order valence-corrected chi connectivity index (χ1v) is 7.88. The summed E-state index contributed by atoms with van der Waals surface area (Å²) in [5, 5.41) is 2.86. The predicted octanol–water partition coefficient (Wildman–Crippen LogP) is 3.27. The van der Waals surface area contributed by atoms with Crippen LogP contribution in [0.25, 0.3) is 5.69 Å². The van der Waals surface area contributed by atoms with Gasteiger partial charge in [0.2, 0.25) is 0 Å². The highest BCUT2D eigenvalue weighted by atomic mass is 19.1. The Morgan fingerprint density at radius 3 is 2.76 bits per heavy atom. The third kappa shape index (κ3) is 4.44. The largest absolute Gasteiger partial charge is 0.484 e. The van der Waals surface area contributed by atoms with Crippen molar-refractivity contribution in [3.05, 3.63) is 78.6 Å². The van der Waals surface area contributed by atoms with Crippen LogP contribution in [0.5, 0.6) is 5.75 Å². The molecular formula is C19H18FN3O2. The Balaban J connectivity index is 1.54. The number of hydrogen-bond donors (Lipinski definition) is 1. The normalized spacial score (nSPS) is 11.8. The maximum absolute atomic E-state index is 13.1. The van der Waals surface area contributed by atoms with Gasteiger partial charge in [-0.15, -0.1) is 0 Å². The van der Waals surface area contributed by atoms with E-state index >= 15 is 0 Å². The van der Waals surface area contributed by atoms with Crippen molar-refractivity contribution in [2.24, 2.45) is 0 Å². The summed E-state index contributed by atoms with van der Waals surface area (Å²) in [5.74, 6) is -0.341. The number of ether oxygens (including phenoxy) is 1. The Bertz CT molecular complexity index is 832. The number of nitrogens with zero attached hydrogens (tertiary/aromatic N) is 2. The Kier molecular flexibility index (Phi) is 5.09. The van der Waals surface area contributed by atoms with Gasteiger partial charge in [0.25, 0.3) is 5.91 Å². The number of hydrogen-bond acceptors (Lipinski definition) is 3. The molecule has 1 heterocycles. The van der Waals surface area contributed by atoms with E-state index in [1.807, 2.05) is 42.0 Å². The van der Waals surface area contributed by atoms with Crippen LogP contribution < -0.4 is 10.1 Å². The standard InChI is InChI=1S/C19H18FN3O2/c1-14(15-5-7-17(8-6-15)23-10-9-21-13-23)22-19(24)12-25-18-4-2-3-16(20)11-18/h2-11,13-14H,12H2,1H3,(H,22,24)/t14-/m0/s1. The first-order chi connectivity index (χ1) is 12.1. The Hall–Kier alpha value is -3.15. The minimum absolute atomic E-state index is 0.166. The van der Waals surface area contributed by atoms with Gasteiger partial charge in [-0.25, -0.2) is 9.37 Å². The van der Waals surface area contributed by atoms with Crippen LogP contribution in [0.2, 0.25) is 0 Å². The molecule has 6 heteroatoms. The number of aromatic nitrogens is 2.